The summed E-state index contributed by atoms with van der Waals surface area (Å²) in [5.41, 5.74) is 1.61. The highest BCUT2D eigenvalue weighted by atomic mass is 35.5. The quantitative estimate of drug-likeness (QED) is 0.801. The van der Waals surface area contributed by atoms with Gasteiger partial charge in [-0.3, -0.25) is 4.79 Å². The molecule has 2 aromatic rings. The molecule has 0 radical (unpaired) electrons. The second kappa shape index (κ2) is 8.71. The minimum absolute atomic E-state index is 0.319. The van der Waals surface area contributed by atoms with Crippen LogP contribution in [0.4, 0.5) is 5.69 Å². The van der Waals surface area contributed by atoms with E-state index >= 15 is 0 Å². The maximum atomic E-state index is 11.8. The molecule has 6 nitrogen and oxygen atoms in total. The van der Waals surface area contributed by atoms with Crippen molar-refractivity contribution in [3.63, 3.8) is 0 Å². The van der Waals surface area contributed by atoms with E-state index in [1.807, 2.05) is 19.1 Å². The fraction of sp³-hybridized carbons (Fsp3) is 0.167. The number of carbonyl (C=O) groups is 2. The number of para-hydroxylation sites is 1. The summed E-state index contributed by atoms with van der Waals surface area (Å²) < 4.78 is 10.1. The molecule has 128 valence electrons. The Hall–Kier alpha value is -3.04. The lowest BCUT2D eigenvalue weighted by Gasteiger charge is -2.10. The third-order valence-electron chi connectivity index (χ3n) is 3.12. The van der Waals surface area contributed by atoms with E-state index in [1.165, 1.54) is 0 Å². The van der Waals surface area contributed by atoms with Gasteiger partial charge in [-0.05, 0) is 36.8 Å². The number of nitrogens with one attached hydrogen (secondary N) is 1. The number of rotatable bonds is 6. The van der Waals surface area contributed by atoms with Gasteiger partial charge in [0.1, 0.15) is 11.8 Å². The molecule has 0 heterocycles. The number of nitriles is 1. The van der Waals surface area contributed by atoms with Crippen LogP contribution >= 0.6 is 11.6 Å². The lowest BCUT2D eigenvalue weighted by Crippen LogP contribution is -2.24. The molecule has 7 heteroatoms. The lowest BCUT2D eigenvalue weighted by atomic mass is 10.2. The number of amides is 1. The van der Waals surface area contributed by atoms with Gasteiger partial charge in [0.15, 0.2) is 13.2 Å². The zero-order valence-electron chi connectivity index (χ0n) is 13.4. The van der Waals surface area contributed by atoms with E-state index in [0.29, 0.717) is 22.0 Å². The summed E-state index contributed by atoms with van der Waals surface area (Å²) in [5.74, 6) is -0.892. The summed E-state index contributed by atoms with van der Waals surface area (Å²) in [6, 6.07) is 13.7. The van der Waals surface area contributed by atoms with Crippen molar-refractivity contribution in [1.29, 1.82) is 5.26 Å². The van der Waals surface area contributed by atoms with Gasteiger partial charge in [0.05, 0.1) is 16.3 Å². The molecular weight excluding hydrogens is 344 g/mol. The normalized spacial score (nSPS) is 9.80. The molecule has 0 saturated heterocycles. The van der Waals surface area contributed by atoms with E-state index in [-0.39, 0.29) is 6.61 Å². The molecular formula is C18H15ClN2O4. The number of hydrogen-bond acceptors (Lipinski definition) is 5. The van der Waals surface area contributed by atoms with E-state index in [0.717, 1.165) is 5.56 Å². The van der Waals surface area contributed by atoms with Gasteiger partial charge in [-0.15, -0.1) is 0 Å². The number of benzene rings is 2. The average Bonchev–Trinajstić information content (AvgIpc) is 2.61. The minimum Gasteiger partial charge on any atom is -0.480 e. The Labute approximate surface area is 149 Å². The van der Waals surface area contributed by atoms with Crippen LogP contribution in [0.15, 0.2) is 42.5 Å². The van der Waals surface area contributed by atoms with Gasteiger partial charge in [-0.1, -0.05) is 29.8 Å². The van der Waals surface area contributed by atoms with E-state index in [4.69, 9.17) is 26.3 Å². The third-order valence-corrected chi connectivity index (χ3v) is 3.43. The highest BCUT2D eigenvalue weighted by Gasteiger charge is 2.11. The molecule has 0 saturated carbocycles. The van der Waals surface area contributed by atoms with Crippen molar-refractivity contribution in [3.05, 3.63) is 58.6 Å². The third kappa shape index (κ3) is 5.52. The summed E-state index contributed by atoms with van der Waals surface area (Å²) in [5, 5.41) is 11.8. The summed E-state index contributed by atoms with van der Waals surface area (Å²) in [6.07, 6.45) is 0. The van der Waals surface area contributed by atoms with Crippen molar-refractivity contribution in [2.75, 3.05) is 18.5 Å². The molecule has 0 aliphatic rings. The number of anilines is 1. The van der Waals surface area contributed by atoms with Crippen LogP contribution in [0.2, 0.25) is 5.02 Å². The second-order valence-electron chi connectivity index (χ2n) is 5.09. The van der Waals surface area contributed by atoms with Crippen LogP contribution in [-0.4, -0.2) is 25.1 Å². The van der Waals surface area contributed by atoms with E-state index in [9.17, 15) is 9.59 Å². The number of aryl methyl sites for hydroxylation is 1. The smallest absolute Gasteiger partial charge is 0.344 e. The Morgan fingerprint density at radius 3 is 2.72 bits per heavy atom. The molecule has 25 heavy (non-hydrogen) atoms. The topological polar surface area (TPSA) is 88.4 Å². The molecule has 0 spiro atoms. The maximum Gasteiger partial charge on any atom is 0.344 e. The fourth-order valence-corrected chi connectivity index (χ4v) is 2.09. The fourth-order valence-electron chi connectivity index (χ4n) is 1.92. The molecule has 0 aliphatic carbocycles. The molecule has 2 rings (SSSR count). The predicted octanol–water partition coefficient (Wildman–Crippen LogP) is 3.08. The van der Waals surface area contributed by atoms with Gasteiger partial charge in [0, 0.05) is 0 Å². The predicted molar refractivity (Wildman–Crippen MR) is 92.4 cm³/mol. The van der Waals surface area contributed by atoms with Gasteiger partial charge in [-0.2, -0.15) is 5.26 Å². The number of halogens is 1. The van der Waals surface area contributed by atoms with Crippen molar-refractivity contribution < 1.29 is 19.1 Å². The van der Waals surface area contributed by atoms with Gasteiger partial charge in [0.2, 0.25) is 0 Å². The molecule has 1 amide bonds. The number of carbonyl (C=O) groups excluding carboxylic acids is 2. The van der Waals surface area contributed by atoms with Gasteiger partial charge < -0.3 is 14.8 Å². The van der Waals surface area contributed by atoms with Crippen LogP contribution in [0.25, 0.3) is 0 Å². The van der Waals surface area contributed by atoms with Crippen LogP contribution in [-0.2, 0) is 14.3 Å². The first-order valence-electron chi connectivity index (χ1n) is 7.33. The van der Waals surface area contributed by atoms with Crippen LogP contribution < -0.4 is 10.1 Å². The molecule has 0 aliphatic heterocycles. The maximum absolute atomic E-state index is 11.8. The van der Waals surface area contributed by atoms with Crippen molar-refractivity contribution in [2.24, 2.45) is 0 Å². The summed E-state index contributed by atoms with van der Waals surface area (Å²) in [4.78, 5) is 23.5. The van der Waals surface area contributed by atoms with Gasteiger partial charge >= 0.3 is 5.97 Å². The Kier molecular flexibility index (Phi) is 6.38. The molecule has 0 unspecified atom stereocenters. The second-order valence-corrected chi connectivity index (χ2v) is 5.50. The average molecular weight is 359 g/mol. The van der Waals surface area contributed by atoms with Crippen molar-refractivity contribution in [2.45, 2.75) is 6.92 Å². The number of ether oxygens (including phenoxy) is 2. The van der Waals surface area contributed by atoms with Crippen molar-refractivity contribution in [1.82, 2.24) is 0 Å². The standard InChI is InChI=1S/C18H15ClN2O4/c1-12-6-7-14(19)16(8-12)24-11-18(23)25-10-17(22)21-15-5-3-2-4-13(15)9-20/h2-8H,10-11H2,1H3,(H,21,22). The first-order valence-corrected chi connectivity index (χ1v) is 7.71. The van der Waals surface area contributed by atoms with Crippen LogP contribution in [0.5, 0.6) is 5.75 Å². The van der Waals surface area contributed by atoms with Gasteiger partial charge in [0.25, 0.3) is 5.91 Å². The molecule has 1 N–H and O–H groups in total. The van der Waals surface area contributed by atoms with Crippen LogP contribution in [0, 0.1) is 18.3 Å². The first-order chi connectivity index (χ1) is 12.0. The van der Waals surface area contributed by atoms with E-state index in [2.05, 4.69) is 5.32 Å². The number of nitrogens with zero attached hydrogens (tertiary/aromatic N) is 1. The molecule has 0 aromatic heterocycles. The van der Waals surface area contributed by atoms with Gasteiger partial charge in [-0.25, -0.2) is 4.79 Å². The van der Waals surface area contributed by atoms with E-state index < -0.39 is 18.5 Å². The first kappa shape index (κ1) is 18.3. The summed E-state index contributed by atoms with van der Waals surface area (Å²) in [6.45, 7) is 1.01. The Morgan fingerprint density at radius 1 is 1.20 bits per heavy atom. The molecule has 0 atom stereocenters. The summed E-state index contributed by atoms with van der Waals surface area (Å²) >= 11 is 5.96. The molecule has 0 bridgehead atoms. The van der Waals surface area contributed by atoms with Crippen LogP contribution in [0.1, 0.15) is 11.1 Å². The van der Waals surface area contributed by atoms with Crippen molar-refractivity contribution >= 4 is 29.2 Å². The highest BCUT2D eigenvalue weighted by Crippen LogP contribution is 2.25. The zero-order chi connectivity index (χ0) is 18.2. The largest absolute Gasteiger partial charge is 0.480 e. The van der Waals surface area contributed by atoms with Crippen molar-refractivity contribution in [3.8, 4) is 11.8 Å². The minimum atomic E-state index is -0.707. The summed E-state index contributed by atoms with van der Waals surface area (Å²) in [7, 11) is 0. The Morgan fingerprint density at radius 2 is 1.96 bits per heavy atom. The number of esters is 1. The Bertz CT molecular complexity index is 830. The zero-order valence-corrected chi connectivity index (χ0v) is 14.2. The Balaban J connectivity index is 1.80. The van der Waals surface area contributed by atoms with E-state index in [1.54, 1.807) is 36.4 Å². The number of hydrogen-bond donors (Lipinski definition) is 1. The molecule has 2 aromatic carbocycles. The lowest BCUT2D eigenvalue weighted by molar-refractivity contribution is -0.149. The SMILES string of the molecule is Cc1ccc(Cl)c(OCC(=O)OCC(=O)Nc2ccccc2C#N)c1. The monoisotopic (exact) mass is 358 g/mol. The molecule has 0 fully saturated rings. The van der Waals surface area contributed by atoms with Crippen LogP contribution in [0.3, 0.4) is 0 Å². The highest BCUT2D eigenvalue weighted by molar-refractivity contribution is 6.32.